The Labute approximate surface area is 89.5 Å². The fourth-order valence-corrected chi connectivity index (χ4v) is 1.29. The van der Waals surface area contributed by atoms with Crippen LogP contribution in [0.3, 0.4) is 0 Å². The van der Waals surface area contributed by atoms with Crippen LogP contribution < -0.4 is 10.5 Å². The van der Waals surface area contributed by atoms with Crippen molar-refractivity contribution < 1.29 is 13.2 Å². The zero-order valence-corrected chi connectivity index (χ0v) is 9.60. The van der Waals surface area contributed by atoms with E-state index in [1.165, 1.54) is 13.8 Å². The minimum Gasteiger partial charge on any atom is -0.355 e. The highest BCUT2D eigenvalue weighted by atomic mass is 32.2. The fraction of sp³-hybridized carbons (Fsp3) is 0.750. The lowest BCUT2D eigenvalue weighted by atomic mass is 9.95. The zero-order chi connectivity index (χ0) is 12.1. The number of rotatable bonds is 5. The van der Waals surface area contributed by atoms with Gasteiger partial charge < -0.3 is 5.32 Å². The van der Waals surface area contributed by atoms with Crippen molar-refractivity contribution in [1.29, 1.82) is 5.26 Å². The molecule has 0 aromatic rings. The van der Waals surface area contributed by atoms with E-state index >= 15 is 0 Å². The third kappa shape index (κ3) is 6.04. The van der Waals surface area contributed by atoms with Crippen LogP contribution in [0.2, 0.25) is 0 Å². The van der Waals surface area contributed by atoms with E-state index < -0.39 is 21.3 Å². The van der Waals surface area contributed by atoms with Gasteiger partial charge in [0.25, 0.3) is 0 Å². The first-order valence-electron chi connectivity index (χ1n) is 4.39. The van der Waals surface area contributed by atoms with Crippen LogP contribution >= 0.6 is 0 Å². The largest absolute Gasteiger partial charge is 0.355 e. The second-order valence-corrected chi connectivity index (χ2v) is 5.45. The van der Waals surface area contributed by atoms with E-state index in [0.717, 1.165) is 0 Å². The summed E-state index contributed by atoms with van der Waals surface area (Å²) in [6.45, 7) is 3.17. The molecule has 6 nitrogen and oxygen atoms in total. The fourth-order valence-electron chi connectivity index (χ4n) is 0.747. The molecular formula is C8H15N3O3S. The Balaban J connectivity index is 3.91. The average Bonchev–Trinajstić information content (AvgIpc) is 2.10. The van der Waals surface area contributed by atoms with Crippen molar-refractivity contribution in [2.75, 3.05) is 12.3 Å². The Morgan fingerprint density at radius 2 is 2.07 bits per heavy atom. The van der Waals surface area contributed by atoms with Crippen molar-refractivity contribution in [2.24, 2.45) is 10.6 Å². The molecule has 7 heteroatoms. The van der Waals surface area contributed by atoms with Crippen LogP contribution in [0.1, 0.15) is 20.3 Å². The molecule has 0 unspecified atom stereocenters. The molecular weight excluding hydrogens is 218 g/mol. The number of nitriles is 1. The summed E-state index contributed by atoms with van der Waals surface area (Å²) in [5, 5.41) is 15.9. The second kappa shape index (κ2) is 5.09. The Hall–Kier alpha value is -1.13. The van der Waals surface area contributed by atoms with Crippen LogP contribution in [0.5, 0.6) is 0 Å². The highest BCUT2D eigenvalue weighted by Gasteiger charge is 2.26. The molecule has 3 N–H and O–H groups in total. The number of carbonyl (C=O) groups excluding carboxylic acids is 1. The van der Waals surface area contributed by atoms with E-state index in [4.69, 9.17) is 10.4 Å². The standard InChI is InChI=1S/C8H15N3O3S/c1-8(2,6-9)7(12)11-4-3-5-15(10,13)14/h3-5H2,1-2H3,(H,11,12)(H2,10,13,14). The number of sulfonamides is 1. The molecule has 0 atom stereocenters. The molecule has 0 spiro atoms. The van der Waals surface area contributed by atoms with Gasteiger partial charge in [0.15, 0.2) is 0 Å². The lowest BCUT2D eigenvalue weighted by Gasteiger charge is -2.14. The Morgan fingerprint density at radius 1 is 1.53 bits per heavy atom. The van der Waals surface area contributed by atoms with Crippen molar-refractivity contribution in [3.05, 3.63) is 0 Å². The number of amides is 1. The maximum atomic E-state index is 11.3. The molecule has 0 rings (SSSR count). The van der Waals surface area contributed by atoms with E-state index in [2.05, 4.69) is 5.32 Å². The van der Waals surface area contributed by atoms with Gasteiger partial charge in [-0.15, -0.1) is 0 Å². The molecule has 0 aliphatic rings. The molecule has 0 heterocycles. The van der Waals surface area contributed by atoms with Gasteiger partial charge in [-0.05, 0) is 20.3 Å². The predicted molar refractivity (Wildman–Crippen MR) is 55.0 cm³/mol. The van der Waals surface area contributed by atoms with Crippen molar-refractivity contribution >= 4 is 15.9 Å². The Kier molecular flexibility index (Phi) is 4.71. The maximum Gasteiger partial charge on any atom is 0.239 e. The van der Waals surface area contributed by atoms with Crippen molar-refractivity contribution in [3.63, 3.8) is 0 Å². The first-order valence-corrected chi connectivity index (χ1v) is 6.10. The van der Waals surface area contributed by atoms with Crippen LogP contribution in [0.4, 0.5) is 0 Å². The first kappa shape index (κ1) is 13.9. The summed E-state index contributed by atoms with van der Waals surface area (Å²) in [6, 6.07) is 1.84. The number of carbonyl (C=O) groups is 1. The predicted octanol–water partition coefficient (Wildman–Crippen LogP) is -0.669. The highest BCUT2D eigenvalue weighted by molar-refractivity contribution is 7.89. The molecule has 0 aromatic carbocycles. The van der Waals surface area contributed by atoms with E-state index in [1.807, 2.05) is 6.07 Å². The quantitative estimate of drug-likeness (QED) is 0.613. The van der Waals surface area contributed by atoms with Gasteiger partial charge in [-0.25, -0.2) is 13.6 Å². The van der Waals surface area contributed by atoms with Gasteiger partial charge in [0.1, 0.15) is 5.41 Å². The molecule has 0 bridgehead atoms. The van der Waals surface area contributed by atoms with Gasteiger partial charge in [-0.2, -0.15) is 5.26 Å². The van der Waals surface area contributed by atoms with Crippen molar-refractivity contribution in [2.45, 2.75) is 20.3 Å². The lowest BCUT2D eigenvalue weighted by molar-refractivity contribution is -0.126. The molecule has 0 aliphatic heterocycles. The van der Waals surface area contributed by atoms with Crippen LogP contribution in [0.15, 0.2) is 0 Å². The zero-order valence-electron chi connectivity index (χ0n) is 8.78. The van der Waals surface area contributed by atoms with Gasteiger partial charge >= 0.3 is 0 Å². The SMILES string of the molecule is CC(C)(C#N)C(=O)NCCCS(N)(=O)=O. The van der Waals surface area contributed by atoms with E-state index in [-0.39, 0.29) is 18.7 Å². The van der Waals surface area contributed by atoms with E-state index in [1.54, 1.807) is 0 Å². The normalized spacial score (nSPS) is 11.9. The Morgan fingerprint density at radius 3 is 2.47 bits per heavy atom. The van der Waals surface area contributed by atoms with Gasteiger partial charge in [-0.3, -0.25) is 4.79 Å². The third-order valence-corrected chi connectivity index (χ3v) is 2.60. The molecule has 1 amide bonds. The summed E-state index contributed by atoms with van der Waals surface area (Å²) in [5.74, 6) is -0.597. The average molecular weight is 233 g/mol. The van der Waals surface area contributed by atoms with Crippen LogP contribution in [0.25, 0.3) is 0 Å². The molecule has 0 fully saturated rings. The summed E-state index contributed by atoms with van der Waals surface area (Å²) in [7, 11) is -3.48. The number of nitrogens with zero attached hydrogens (tertiary/aromatic N) is 1. The molecule has 15 heavy (non-hydrogen) atoms. The van der Waals surface area contributed by atoms with E-state index in [9.17, 15) is 13.2 Å². The van der Waals surface area contributed by atoms with Gasteiger partial charge in [0, 0.05) is 6.54 Å². The Bertz CT molecular complexity index is 367. The highest BCUT2D eigenvalue weighted by Crippen LogP contribution is 2.12. The monoisotopic (exact) mass is 233 g/mol. The smallest absolute Gasteiger partial charge is 0.239 e. The topological polar surface area (TPSA) is 113 Å². The first-order chi connectivity index (χ1) is 6.69. The van der Waals surface area contributed by atoms with Crippen LogP contribution in [-0.2, 0) is 14.8 Å². The van der Waals surface area contributed by atoms with E-state index in [0.29, 0.717) is 0 Å². The van der Waals surface area contributed by atoms with Crippen molar-refractivity contribution in [3.8, 4) is 6.07 Å². The molecule has 0 aliphatic carbocycles. The summed E-state index contributed by atoms with van der Waals surface area (Å²) < 4.78 is 21.1. The van der Waals surface area contributed by atoms with Gasteiger partial charge in [0.2, 0.25) is 15.9 Å². The minimum atomic E-state index is -3.48. The number of hydrogen-bond acceptors (Lipinski definition) is 4. The number of hydrogen-bond donors (Lipinski definition) is 2. The molecule has 0 saturated carbocycles. The second-order valence-electron chi connectivity index (χ2n) is 3.71. The maximum absolute atomic E-state index is 11.3. The molecule has 0 saturated heterocycles. The summed E-state index contributed by atoms with van der Waals surface area (Å²) in [6.07, 6.45) is 0.242. The number of nitrogens with two attached hydrogens (primary N) is 1. The molecule has 0 radical (unpaired) electrons. The minimum absolute atomic E-state index is 0.180. The summed E-state index contributed by atoms with van der Waals surface area (Å²) in [5.41, 5.74) is -1.10. The number of primary sulfonamides is 1. The number of nitrogens with one attached hydrogen (secondary N) is 1. The third-order valence-electron chi connectivity index (χ3n) is 1.74. The summed E-state index contributed by atoms with van der Waals surface area (Å²) >= 11 is 0. The lowest BCUT2D eigenvalue weighted by Crippen LogP contribution is -2.37. The van der Waals surface area contributed by atoms with Crippen LogP contribution in [-0.4, -0.2) is 26.6 Å². The van der Waals surface area contributed by atoms with Gasteiger partial charge in [-0.1, -0.05) is 0 Å². The summed E-state index contributed by atoms with van der Waals surface area (Å²) in [4.78, 5) is 11.3. The van der Waals surface area contributed by atoms with Crippen LogP contribution in [0, 0.1) is 16.7 Å². The molecule has 86 valence electrons. The van der Waals surface area contributed by atoms with Gasteiger partial charge in [0.05, 0.1) is 11.8 Å². The van der Waals surface area contributed by atoms with Crippen molar-refractivity contribution in [1.82, 2.24) is 5.32 Å². The molecule has 0 aromatic heterocycles.